The van der Waals surface area contributed by atoms with E-state index >= 15 is 0 Å². The highest BCUT2D eigenvalue weighted by Gasteiger charge is 2.36. The van der Waals surface area contributed by atoms with Gasteiger partial charge in [0, 0.05) is 18.2 Å². The van der Waals surface area contributed by atoms with Gasteiger partial charge >= 0.3 is 0 Å². The van der Waals surface area contributed by atoms with Crippen molar-refractivity contribution in [1.82, 2.24) is 14.5 Å². The minimum Gasteiger partial charge on any atom is -0.394 e. The largest absolute Gasteiger partial charge is 0.394 e. The number of nitrogens with zero attached hydrogens (tertiary/aromatic N) is 3. The molecule has 0 aliphatic carbocycles. The Balaban J connectivity index is 2.13. The molecule has 3 heterocycles. The van der Waals surface area contributed by atoms with Gasteiger partial charge in [-0.05, 0) is 0 Å². The Morgan fingerprint density at radius 3 is 3.00 bits per heavy atom. The second-order valence-corrected chi connectivity index (χ2v) is 4.79. The fraction of sp³-hybridized carbons (Fsp3) is 0.385. The van der Waals surface area contributed by atoms with Gasteiger partial charge < -0.3 is 25.3 Å². The van der Waals surface area contributed by atoms with Crippen molar-refractivity contribution in [2.75, 3.05) is 12.3 Å². The van der Waals surface area contributed by atoms with Crippen molar-refractivity contribution in [1.29, 1.82) is 0 Å². The molecule has 4 N–H and O–H groups in total. The molecule has 0 spiro atoms. The standard InChI is InChI=1S/C13H16N4O3/c1-2-7-4-17(12-10(7)11(14)15-6-16-12)13-9(19)3-8(5-18)20-13/h2,4,6,8-9,13,18-19H,1,3,5H2,(H2,14,15,16)/t8-,9+,13?/m0/s1. The van der Waals surface area contributed by atoms with E-state index in [2.05, 4.69) is 16.5 Å². The predicted octanol–water partition coefficient (Wildman–Crippen LogP) is 0.297. The number of fused-ring (bicyclic) bond motifs is 1. The highest BCUT2D eigenvalue weighted by atomic mass is 16.5. The normalized spacial score (nSPS) is 26.2. The summed E-state index contributed by atoms with van der Waals surface area (Å²) in [6, 6.07) is 0. The van der Waals surface area contributed by atoms with Crippen LogP contribution in [0, 0.1) is 0 Å². The number of aliphatic hydroxyl groups excluding tert-OH is 2. The average molecular weight is 276 g/mol. The number of ether oxygens (including phenoxy) is 1. The van der Waals surface area contributed by atoms with Crippen LogP contribution in [-0.4, -0.2) is 43.6 Å². The van der Waals surface area contributed by atoms with Crippen LogP contribution in [0.5, 0.6) is 0 Å². The molecule has 1 fully saturated rings. The number of aromatic nitrogens is 3. The number of rotatable bonds is 3. The SMILES string of the molecule is C=Cc1cn(C2O[C@H](CO)C[C@H]2O)c2ncnc(N)c12. The van der Waals surface area contributed by atoms with Crippen LogP contribution in [0.1, 0.15) is 18.2 Å². The molecule has 1 saturated heterocycles. The predicted molar refractivity (Wildman–Crippen MR) is 73.7 cm³/mol. The molecule has 1 aliphatic rings. The summed E-state index contributed by atoms with van der Waals surface area (Å²) >= 11 is 0. The van der Waals surface area contributed by atoms with Crippen molar-refractivity contribution >= 4 is 22.9 Å². The van der Waals surface area contributed by atoms with E-state index in [0.29, 0.717) is 23.3 Å². The Morgan fingerprint density at radius 1 is 1.55 bits per heavy atom. The van der Waals surface area contributed by atoms with Gasteiger partial charge in [0.05, 0.1) is 18.1 Å². The molecule has 0 radical (unpaired) electrons. The first-order valence-corrected chi connectivity index (χ1v) is 6.33. The number of hydrogen-bond donors (Lipinski definition) is 3. The number of anilines is 1. The molecule has 3 atom stereocenters. The number of aliphatic hydroxyl groups is 2. The van der Waals surface area contributed by atoms with Crippen LogP contribution in [0.15, 0.2) is 19.1 Å². The third-order valence-electron chi connectivity index (χ3n) is 3.53. The molecule has 7 heteroatoms. The average Bonchev–Trinajstić information content (AvgIpc) is 3.00. The van der Waals surface area contributed by atoms with Crippen molar-refractivity contribution in [3.63, 3.8) is 0 Å². The fourth-order valence-corrected chi connectivity index (χ4v) is 2.58. The van der Waals surface area contributed by atoms with Gasteiger partial charge in [-0.25, -0.2) is 9.97 Å². The summed E-state index contributed by atoms with van der Waals surface area (Å²) in [6.45, 7) is 3.62. The second kappa shape index (κ2) is 4.86. The van der Waals surface area contributed by atoms with E-state index in [1.165, 1.54) is 6.33 Å². The lowest BCUT2D eigenvalue weighted by Gasteiger charge is -2.17. The number of nitrogen functional groups attached to an aromatic ring is 1. The van der Waals surface area contributed by atoms with Gasteiger partial charge in [0.1, 0.15) is 23.9 Å². The van der Waals surface area contributed by atoms with Crippen molar-refractivity contribution in [3.8, 4) is 0 Å². The maximum Gasteiger partial charge on any atom is 0.161 e. The van der Waals surface area contributed by atoms with Crippen LogP contribution in [0.2, 0.25) is 0 Å². The Bertz CT molecular complexity index is 654. The third-order valence-corrected chi connectivity index (χ3v) is 3.53. The van der Waals surface area contributed by atoms with Gasteiger partial charge in [0.2, 0.25) is 0 Å². The van der Waals surface area contributed by atoms with Crippen LogP contribution < -0.4 is 5.73 Å². The molecule has 106 valence electrons. The Kier molecular flexibility index (Phi) is 3.17. The van der Waals surface area contributed by atoms with Gasteiger partial charge in [-0.2, -0.15) is 0 Å². The van der Waals surface area contributed by atoms with Crippen LogP contribution in [0.4, 0.5) is 5.82 Å². The topological polar surface area (TPSA) is 106 Å². The van der Waals surface area contributed by atoms with Crippen LogP contribution in [-0.2, 0) is 4.74 Å². The minimum absolute atomic E-state index is 0.127. The number of nitrogens with two attached hydrogens (primary N) is 1. The quantitative estimate of drug-likeness (QED) is 0.744. The zero-order chi connectivity index (χ0) is 14.3. The molecule has 0 saturated carbocycles. The minimum atomic E-state index is -0.711. The highest BCUT2D eigenvalue weighted by Crippen LogP contribution is 2.34. The van der Waals surface area contributed by atoms with Gasteiger partial charge in [-0.15, -0.1) is 0 Å². The summed E-state index contributed by atoms with van der Waals surface area (Å²) in [5.74, 6) is 0.356. The molecule has 20 heavy (non-hydrogen) atoms. The molecule has 1 unspecified atom stereocenters. The van der Waals surface area contributed by atoms with E-state index in [1.54, 1.807) is 16.8 Å². The van der Waals surface area contributed by atoms with Gasteiger partial charge in [0.15, 0.2) is 6.23 Å². The second-order valence-electron chi connectivity index (χ2n) is 4.79. The molecule has 0 bridgehead atoms. The molecule has 7 nitrogen and oxygen atoms in total. The zero-order valence-corrected chi connectivity index (χ0v) is 10.8. The molecular weight excluding hydrogens is 260 g/mol. The van der Waals surface area contributed by atoms with Crippen LogP contribution in [0.25, 0.3) is 17.1 Å². The Labute approximate surface area is 115 Å². The molecule has 0 amide bonds. The maximum absolute atomic E-state index is 10.1. The molecule has 0 aromatic carbocycles. The lowest BCUT2D eigenvalue weighted by Crippen LogP contribution is -2.19. The highest BCUT2D eigenvalue weighted by molar-refractivity contribution is 5.94. The van der Waals surface area contributed by atoms with E-state index in [0.717, 1.165) is 5.56 Å². The molecular formula is C13H16N4O3. The van der Waals surface area contributed by atoms with Crippen molar-refractivity contribution in [2.45, 2.75) is 24.9 Å². The van der Waals surface area contributed by atoms with Crippen LogP contribution >= 0.6 is 0 Å². The molecule has 1 aliphatic heterocycles. The van der Waals surface area contributed by atoms with Crippen LogP contribution in [0.3, 0.4) is 0 Å². The smallest absolute Gasteiger partial charge is 0.161 e. The van der Waals surface area contributed by atoms with Crippen molar-refractivity contribution in [2.24, 2.45) is 0 Å². The van der Waals surface area contributed by atoms with Gasteiger partial charge in [-0.3, -0.25) is 0 Å². The Hall–Kier alpha value is -1.96. The third kappa shape index (κ3) is 1.87. The van der Waals surface area contributed by atoms with E-state index in [4.69, 9.17) is 15.6 Å². The van der Waals surface area contributed by atoms with Crippen molar-refractivity contribution < 1.29 is 14.9 Å². The van der Waals surface area contributed by atoms with E-state index in [-0.39, 0.29) is 12.7 Å². The van der Waals surface area contributed by atoms with E-state index in [1.807, 2.05) is 0 Å². The fourth-order valence-electron chi connectivity index (χ4n) is 2.58. The van der Waals surface area contributed by atoms with E-state index < -0.39 is 12.3 Å². The summed E-state index contributed by atoms with van der Waals surface area (Å²) < 4.78 is 7.36. The van der Waals surface area contributed by atoms with E-state index in [9.17, 15) is 5.11 Å². The monoisotopic (exact) mass is 276 g/mol. The van der Waals surface area contributed by atoms with Gasteiger partial charge in [0.25, 0.3) is 0 Å². The summed E-state index contributed by atoms with van der Waals surface area (Å²) in [4.78, 5) is 8.18. The summed E-state index contributed by atoms with van der Waals surface area (Å²) in [5.41, 5.74) is 7.23. The first-order valence-electron chi connectivity index (χ1n) is 6.33. The zero-order valence-electron chi connectivity index (χ0n) is 10.8. The molecule has 2 aromatic heterocycles. The lowest BCUT2D eigenvalue weighted by molar-refractivity contribution is -0.0484. The summed E-state index contributed by atoms with van der Waals surface area (Å²) in [5, 5.41) is 19.9. The first kappa shape index (κ1) is 13.0. The summed E-state index contributed by atoms with van der Waals surface area (Å²) in [7, 11) is 0. The molecule has 2 aromatic rings. The van der Waals surface area contributed by atoms with Crippen molar-refractivity contribution in [3.05, 3.63) is 24.7 Å². The number of hydrogen-bond acceptors (Lipinski definition) is 6. The van der Waals surface area contributed by atoms with Gasteiger partial charge in [-0.1, -0.05) is 12.7 Å². The maximum atomic E-state index is 10.1. The summed E-state index contributed by atoms with van der Waals surface area (Å²) in [6.07, 6.45) is 3.49. The first-order chi connectivity index (χ1) is 9.65. The lowest BCUT2D eigenvalue weighted by atomic mass is 10.2. The Morgan fingerprint density at radius 2 is 2.35 bits per heavy atom. The molecule has 3 rings (SSSR count).